The molecule has 0 aromatic carbocycles. The first-order chi connectivity index (χ1) is 9.52. The van der Waals surface area contributed by atoms with E-state index in [-0.39, 0.29) is 11.7 Å². The Kier molecular flexibility index (Phi) is 4.89. The molecule has 1 N–H and O–H groups in total. The fourth-order valence-electron chi connectivity index (χ4n) is 1.90. The fraction of sp³-hybridized carbons (Fsp3) is 0.429. The summed E-state index contributed by atoms with van der Waals surface area (Å²) in [4.78, 5) is 20.3. The van der Waals surface area contributed by atoms with Crippen LogP contribution in [-0.4, -0.2) is 27.3 Å². The molecule has 20 heavy (non-hydrogen) atoms. The van der Waals surface area contributed by atoms with E-state index in [0.717, 1.165) is 29.9 Å². The van der Waals surface area contributed by atoms with Gasteiger partial charge in [-0.2, -0.15) is 5.10 Å². The summed E-state index contributed by atoms with van der Waals surface area (Å²) in [6, 6.07) is 1.91. The number of amides is 1. The molecule has 106 valence electrons. The van der Waals surface area contributed by atoms with Crippen molar-refractivity contribution in [2.24, 2.45) is 5.10 Å². The van der Waals surface area contributed by atoms with Gasteiger partial charge in [-0.1, -0.05) is 17.3 Å². The maximum Gasteiger partial charge on any atom is 0.250 e. The molecular formula is C14H18N4OS. The highest BCUT2D eigenvalue weighted by molar-refractivity contribution is 7.99. The summed E-state index contributed by atoms with van der Waals surface area (Å²) < 4.78 is 0. The topological polar surface area (TPSA) is 67.2 Å². The van der Waals surface area contributed by atoms with Crippen LogP contribution in [-0.2, 0) is 4.79 Å². The molecule has 6 heteroatoms. The molecule has 0 atom stereocenters. The molecule has 0 radical (unpaired) electrons. The van der Waals surface area contributed by atoms with E-state index in [0.29, 0.717) is 5.16 Å². The number of hydrogen-bond acceptors (Lipinski definition) is 5. The van der Waals surface area contributed by atoms with Gasteiger partial charge in [0.2, 0.25) is 0 Å². The van der Waals surface area contributed by atoms with Crippen molar-refractivity contribution < 1.29 is 4.79 Å². The predicted molar refractivity (Wildman–Crippen MR) is 80.8 cm³/mol. The van der Waals surface area contributed by atoms with Gasteiger partial charge in [0.25, 0.3) is 5.91 Å². The van der Waals surface area contributed by atoms with Crippen LogP contribution < -0.4 is 5.43 Å². The van der Waals surface area contributed by atoms with Gasteiger partial charge in [-0.15, -0.1) is 0 Å². The van der Waals surface area contributed by atoms with Gasteiger partial charge < -0.3 is 0 Å². The summed E-state index contributed by atoms with van der Waals surface area (Å²) in [5.41, 5.74) is 6.63. The molecule has 5 nitrogen and oxygen atoms in total. The Labute approximate surface area is 123 Å². The number of carbonyl (C=O) groups excluding carboxylic acids is 1. The standard InChI is InChI=1S/C14H18N4OS/c1-9-4-5-12(6-9)17-18-13(19)8-20-14-15-10(2)7-11(3)16-14/h6-7H,4-5,8H2,1-3H3,(H,18,19). The highest BCUT2D eigenvalue weighted by Crippen LogP contribution is 2.15. The minimum Gasteiger partial charge on any atom is -0.272 e. The first-order valence-corrected chi connectivity index (χ1v) is 7.49. The van der Waals surface area contributed by atoms with E-state index in [4.69, 9.17) is 0 Å². The van der Waals surface area contributed by atoms with Gasteiger partial charge in [-0.05, 0) is 45.8 Å². The number of hydrogen-bond donors (Lipinski definition) is 1. The number of nitrogens with one attached hydrogen (secondary N) is 1. The molecule has 1 aromatic heterocycles. The van der Waals surface area contributed by atoms with Crippen LogP contribution in [0, 0.1) is 13.8 Å². The fourth-order valence-corrected chi connectivity index (χ4v) is 2.64. The molecule has 0 bridgehead atoms. The summed E-state index contributed by atoms with van der Waals surface area (Å²) >= 11 is 1.32. The molecule has 1 aromatic rings. The second-order valence-corrected chi connectivity index (χ2v) is 5.79. The average Bonchev–Trinajstić information content (AvgIpc) is 2.79. The average molecular weight is 290 g/mol. The molecular weight excluding hydrogens is 272 g/mol. The smallest absolute Gasteiger partial charge is 0.250 e. The minimum absolute atomic E-state index is 0.136. The normalized spacial score (nSPS) is 16.4. The lowest BCUT2D eigenvalue weighted by Crippen LogP contribution is -2.21. The number of nitrogens with zero attached hydrogens (tertiary/aromatic N) is 3. The SMILES string of the molecule is CC1=CC(=NNC(=O)CSc2nc(C)cc(C)n2)CC1. The molecule has 1 heterocycles. The van der Waals surface area contributed by atoms with E-state index in [1.54, 1.807) is 0 Å². The van der Waals surface area contributed by atoms with Gasteiger partial charge in [-0.25, -0.2) is 15.4 Å². The van der Waals surface area contributed by atoms with E-state index in [1.807, 2.05) is 26.0 Å². The second-order valence-electron chi connectivity index (χ2n) is 4.85. The van der Waals surface area contributed by atoms with Crippen LogP contribution in [0.3, 0.4) is 0 Å². The predicted octanol–water partition coefficient (Wildman–Crippen LogP) is 2.40. The van der Waals surface area contributed by atoms with Crippen molar-refractivity contribution in [3.05, 3.63) is 29.1 Å². The van der Waals surface area contributed by atoms with Crippen LogP contribution in [0.25, 0.3) is 0 Å². The van der Waals surface area contributed by atoms with Crippen molar-refractivity contribution in [1.82, 2.24) is 15.4 Å². The molecule has 0 aliphatic heterocycles. The number of allylic oxidation sites excluding steroid dienone is 2. The zero-order valence-electron chi connectivity index (χ0n) is 11.9. The molecule has 2 rings (SSSR count). The van der Waals surface area contributed by atoms with Gasteiger partial charge in [0.15, 0.2) is 5.16 Å². The van der Waals surface area contributed by atoms with Crippen LogP contribution in [0.4, 0.5) is 0 Å². The van der Waals surface area contributed by atoms with Crippen LogP contribution in [0.15, 0.2) is 28.0 Å². The van der Waals surface area contributed by atoms with Crippen molar-refractivity contribution >= 4 is 23.4 Å². The van der Waals surface area contributed by atoms with Gasteiger partial charge >= 0.3 is 0 Å². The van der Waals surface area contributed by atoms with Gasteiger partial charge in [0, 0.05) is 11.4 Å². The first kappa shape index (κ1) is 14.7. The monoisotopic (exact) mass is 290 g/mol. The van der Waals surface area contributed by atoms with Crippen LogP contribution in [0.1, 0.15) is 31.2 Å². The van der Waals surface area contributed by atoms with E-state index < -0.39 is 0 Å². The van der Waals surface area contributed by atoms with Crippen molar-refractivity contribution in [1.29, 1.82) is 0 Å². The van der Waals surface area contributed by atoms with Crippen molar-refractivity contribution in [3.63, 3.8) is 0 Å². The first-order valence-electron chi connectivity index (χ1n) is 6.50. The van der Waals surface area contributed by atoms with E-state index in [2.05, 4.69) is 27.4 Å². The summed E-state index contributed by atoms with van der Waals surface area (Å²) in [5.74, 6) is 0.130. The quantitative estimate of drug-likeness (QED) is 0.525. The number of carbonyl (C=O) groups is 1. The molecule has 0 unspecified atom stereocenters. The maximum atomic E-state index is 11.7. The number of rotatable bonds is 4. The molecule has 0 fully saturated rings. The minimum atomic E-state index is -0.136. The summed E-state index contributed by atoms with van der Waals surface area (Å²) in [6.07, 6.45) is 3.94. The molecule has 1 aliphatic carbocycles. The zero-order valence-corrected chi connectivity index (χ0v) is 12.8. The van der Waals surface area contributed by atoms with Crippen molar-refractivity contribution in [3.8, 4) is 0 Å². The molecule has 0 spiro atoms. The van der Waals surface area contributed by atoms with Crippen molar-refractivity contribution in [2.75, 3.05) is 5.75 Å². The third-order valence-corrected chi connectivity index (χ3v) is 3.65. The Balaban J connectivity index is 1.83. The number of hydrazone groups is 1. The highest BCUT2D eigenvalue weighted by Gasteiger charge is 2.08. The Morgan fingerprint density at radius 1 is 1.30 bits per heavy atom. The second kappa shape index (κ2) is 6.65. The number of aryl methyl sites for hydroxylation is 2. The van der Waals surface area contributed by atoms with Crippen LogP contribution >= 0.6 is 11.8 Å². The summed E-state index contributed by atoms with van der Waals surface area (Å²) in [6.45, 7) is 5.90. The van der Waals surface area contributed by atoms with Crippen LogP contribution in [0.2, 0.25) is 0 Å². The summed E-state index contributed by atoms with van der Waals surface area (Å²) in [7, 11) is 0. The van der Waals surface area contributed by atoms with Gasteiger partial charge in [0.05, 0.1) is 11.5 Å². The number of aromatic nitrogens is 2. The Morgan fingerprint density at radius 2 is 2.00 bits per heavy atom. The van der Waals surface area contributed by atoms with E-state index in [9.17, 15) is 4.79 Å². The molecule has 0 saturated heterocycles. The zero-order chi connectivity index (χ0) is 14.5. The highest BCUT2D eigenvalue weighted by atomic mass is 32.2. The summed E-state index contributed by atoms with van der Waals surface area (Å²) in [5, 5.41) is 4.73. The largest absolute Gasteiger partial charge is 0.272 e. The van der Waals surface area contributed by atoms with Crippen molar-refractivity contribution in [2.45, 2.75) is 38.8 Å². The molecule has 1 aliphatic rings. The van der Waals surface area contributed by atoms with E-state index >= 15 is 0 Å². The molecule has 0 saturated carbocycles. The third kappa shape index (κ3) is 4.45. The number of thioether (sulfide) groups is 1. The van der Waals surface area contributed by atoms with E-state index in [1.165, 1.54) is 17.3 Å². The van der Waals surface area contributed by atoms with Crippen LogP contribution in [0.5, 0.6) is 0 Å². The lowest BCUT2D eigenvalue weighted by molar-refractivity contribution is -0.118. The third-order valence-electron chi connectivity index (χ3n) is 2.81. The Hall–Kier alpha value is -1.69. The van der Waals surface area contributed by atoms with Gasteiger partial charge in [-0.3, -0.25) is 4.79 Å². The Morgan fingerprint density at radius 3 is 2.60 bits per heavy atom. The maximum absolute atomic E-state index is 11.7. The molecule has 1 amide bonds. The van der Waals surface area contributed by atoms with Gasteiger partial charge in [0.1, 0.15) is 0 Å². The lowest BCUT2D eigenvalue weighted by Gasteiger charge is -2.02. The Bertz CT molecular complexity index is 560. The lowest BCUT2D eigenvalue weighted by atomic mass is 10.3.